The van der Waals surface area contributed by atoms with Gasteiger partial charge in [-0.2, -0.15) is 0 Å². The molecule has 1 fully saturated rings. The summed E-state index contributed by atoms with van der Waals surface area (Å²) in [6.45, 7) is 4.69. The van der Waals surface area contributed by atoms with E-state index in [-0.39, 0.29) is 22.4 Å². The standard InChI is InChI=1S/C44H45ClF3N7O3S2/c1-53(2)21-20-34(29-59-36-9-4-3-5-10-36)51-41-27-37(17-19-42(41)58-44(46,47)48)60(56,57)52-43-39-18-16-35(26-40(39)49-30-50-43)55-24-22-54(23-25-55)28-32-8-6-7-11-38(32)31-12-14-33(45)15-13-31/h3-19,26-27,30,34,51H,20-25,28-29H2,1-2H3,(H,49,50,52). The Labute approximate surface area is 357 Å². The van der Waals surface area contributed by atoms with Crippen molar-refractivity contribution >= 4 is 61.5 Å². The van der Waals surface area contributed by atoms with Crippen LogP contribution in [0.15, 0.2) is 131 Å². The number of alkyl halides is 3. The molecule has 0 amide bonds. The smallest absolute Gasteiger partial charge is 0.404 e. The second kappa shape index (κ2) is 19.1. The van der Waals surface area contributed by atoms with Crippen molar-refractivity contribution in [1.82, 2.24) is 19.8 Å². The molecular formula is C44H45ClF3N7O3S2. The second-order valence-corrected chi connectivity index (χ2v) is 17.9. The van der Waals surface area contributed by atoms with Gasteiger partial charge in [-0.15, -0.1) is 24.9 Å². The van der Waals surface area contributed by atoms with Crippen molar-refractivity contribution in [2.45, 2.75) is 35.2 Å². The van der Waals surface area contributed by atoms with Crippen molar-refractivity contribution < 1.29 is 26.3 Å². The summed E-state index contributed by atoms with van der Waals surface area (Å²) in [5.41, 5.74) is 4.93. The molecule has 0 spiro atoms. The third-order valence-electron chi connectivity index (χ3n) is 10.1. The van der Waals surface area contributed by atoms with E-state index >= 15 is 0 Å². The minimum Gasteiger partial charge on any atom is -0.404 e. The molecule has 2 N–H and O–H groups in total. The van der Waals surface area contributed by atoms with Gasteiger partial charge in [-0.1, -0.05) is 66.2 Å². The Balaban J connectivity index is 1.06. The first-order valence-electron chi connectivity index (χ1n) is 19.4. The van der Waals surface area contributed by atoms with Crippen LogP contribution in [0.25, 0.3) is 22.0 Å². The highest BCUT2D eigenvalue weighted by molar-refractivity contribution is 7.99. The van der Waals surface area contributed by atoms with E-state index in [2.05, 4.69) is 52.7 Å². The number of hydrogen-bond donors (Lipinski definition) is 2. The Morgan fingerprint density at radius 1 is 0.883 bits per heavy atom. The number of rotatable bonds is 16. The van der Waals surface area contributed by atoms with Crippen LogP contribution in [0, 0.1) is 0 Å². The minimum absolute atomic E-state index is 0.0453. The van der Waals surface area contributed by atoms with Gasteiger partial charge in [0.05, 0.1) is 16.1 Å². The topological polar surface area (TPSA) is 103 Å². The third kappa shape index (κ3) is 11.4. The lowest BCUT2D eigenvalue weighted by molar-refractivity contribution is -0.274. The molecule has 1 aromatic heterocycles. The quantitative estimate of drug-likeness (QED) is 0.0915. The van der Waals surface area contributed by atoms with Gasteiger partial charge in [0.2, 0.25) is 0 Å². The molecule has 1 atom stereocenters. The first kappa shape index (κ1) is 43.0. The fourth-order valence-electron chi connectivity index (χ4n) is 7.03. The fourth-order valence-corrected chi connectivity index (χ4v) is 9.21. The van der Waals surface area contributed by atoms with Gasteiger partial charge in [0.15, 0.2) is 11.6 Å². The number of thioether (sulfide) groups is 1. The average molecular weight is 876 g/mol. The van der Waals surface area contributed by atoms with E-state index in [1.165, 1.54) is 17.5 Å². The SMILES string of the molecule is CN(C)CCC(CSc1ccccc1)Nc1cc(S(=O)(=O)Nc2ncnc3cc(N4CCN(Cc5ccccc5-c5ccc(Cl)cc5)CC4)ccc23)ccc1OC(F)(F)F. The zero-order chi connectivity index (χ0) is 42.3. The normalized spacial score (nSPS) is 14.3. The molecule has 1 aliphatic rings. The zero-order valence-electron chi connectivity index (χ0n) is 33.1. The zero-order valence-corrected chi connectivity index (χ0v) is 35.5. The fraction of sp³-hybridized carbons (Fsp3) is 0.273. The van der Waals surface area contributed by atoms with E-state index in [1.807, 2.05) is 91.8 Å². The van der Waals surface area contributed by atoms with E-state index in [1.54, 1.807) is 17.8 Å². The summed E-state index contributed by atoms with van der Waals surface area (Å²) in [5.74, 6) is 0.0107. The van der Waals surface area contributed by atoms with Crippen LogP contribution in [0.5, 0.6) is 5.75 Å². The first-order chi connectivity index (χ1) is 28.8. The highest BCUT2D eigenvalue weighted by atomic mass is 35.5. The van der Waals surface area contributed by atoms with Crippen LogP contribution < -0.4 is 19.7 Å². The number of nitrogens with one attached hydrogen (secondary N) is 2. The Kier molecular flexibility index (Phi) is 13.7. The maximum absolute atomic E-state index is 13.9. The average Bonchev–Trinajstić information content (AvgIpc) is 3.23. The number of hydrogen-bond acceptors (Lipinski definition) is 10. The molecule has 10 nitrogen and oxygen atoms in total. The van der Waals surface area contributed by atoms with Crippen LogP contribution in [0.3, 0.4) is 0 Å². The predicted molar refractivity (Wildman–Crippen MR) is 236 cm³/mol. The van der Waals surface area contributed by atoms with Crippen molar-refractivity contribution in [2.75, 3.05) is 67.5 Å². The highest BCUT2D eigenvalue weighted by Gasteiger charge is 2.33. The van der Waals surface area contributed by atoms with Crippen molar-refractivity contribution in [3.8, 4) is 16.9 Å². The number of aromatic nitrogens is 2. The van der Waals surface area contributed by atoms with Gasteiger partial charge in [0.25, 0.3) is 10.0 Å². The molecule has 1 saturated heterocycles. The summed E-state index contributed by atoms with van der Waals surface area (Å²) in [7, 11) is -0.530. The molecule has 314 valence electrons. The molecule has 0 bridgehead atoms. The number of ether oxygens (including phenoxy) is 1. The molecular weight excluding hydrogens is 831 g/mol. The van der Waals surface area contributed by atoms with Crippen LogP contribution in [-0.4, -0.2) is 93.2 Å². The van der Waals surface area contributed by atoms with Gasteiger partial charge in [-0.25, -0.2) is 18.4 Å². The van der Waals surface area contributed by atoms with Crippen LogP contribution in [0.2, 0.25) is 5.02 Å². The Morgan fingerprint density at radius 2 is 1.62 bits per heavy atom. The third-order valence-corrected chi connectivity index (χ3v) is 12.9. The van der Waals surface area contributed by atoms with Crippen LogP contribution in [0.1, 0.15) is 12.0 Å². The molecule has 6 aromatic rings. The van der Waals surface area contributed by atoms with Gasteiger partial charge < -0.3 is 19.9 Å². The van der Waals surface area contributed by atoms with E-state index in [9.17, 15) is 21.6 Å². The molecule has 16 heteroatoms. The van der Waals surface area contributed by atoms with Crippen molar-refractivity contribution in [3.63, 3.8) is 0 Å². The number of halogens is 4. The lowest BCUT2D eigenvalue weighted by atomic mass is 9.99. The highest BCUT2D eigenvalue weighted by Crippen LogP contribution is 2.35. The Bertz CT molecular complexity index is 2490. The summed E-state index contributed by atoms with van der Waals surface area (Å²) in [6.07, 6.45) is -3.14. The molecule has 0 radical (unpaired) electrons. The van der Waals surface area contributed by atoms with E-state index in [0.29, 0.717) is 34.6 Å². The molecule has 1 aliphatic heterocycles. The Hall–Kier alpha value is -5.06. The molecule has 1 unspecified atom stereocenters. The van der Waals surface area contributed by atoms with Gasteiger partial charge in [-0.05, 0) is 104 Å². The molecule has 5 aromatic carbocycles. The number of sulfonamides is 1. The predicted octanol–water partition coefficient (Wildman–Crippen LogP) is 9.50. The van der Waals surface area contributed by atoms with Crippen LogP contribution >= 0.6 is 23.4 Å². The summed E-state index contributed by atoms with van der Waals surface area (Å²) in [4.78, 5) is 16.1. The lowest BCUT2D eigenvalue weighted by Crippen LogP contribution is -2.46. The number of anilines is 3. The molecule has 60 heavy (non-hydrogen) atoms. The molecule has 0 saturated carbocycles. The van der Waals surface area contributed by atoms with Gasteiger partial charge in [0.1, 0.15) is 6.33 Å². The Morgan fingerprint density at radius 3 is 2.35 bits per heavy atom. The van der Waals surface area contributed by atoms with E-state index in [4.69, 9.17) is 11.6 Å². The van der Waals surface area contributed by atoms with Crippen molar-refractivity contribution in [2.24, 2.45) is 0 Å². The number of fused-ring (bicyclic) bond motifs is 1. The van der Waals surface area contributed by atoms with E-state index < -0.39 is 22.1 Å². The van der Waals surface area contributed by atoms with Gasteiger partial charge >= 0.3 is 6.36 Å². The summed E-state index contributed by atoms with van der Waals surface area (Å²) >= 11 is 7.68. The number of piperazine rings is 1. The van der Waals surface area contributed by atoms with E-state index in [0.717, 1.165) is 67.1 Å². The summed E-state index contributed by atoms with van der Waals surface area (Å²) in [5, 5.41) is 4.34. The number of benzene rings is 5. The lowest BCUT2D eigenvalue weighted by Gasteiger charge is -2.36. The monoisotopic (exact) mass is 875 g/mol. The molecule has 0 aliphatic carbocycles. The second-order valence-electron chi connectivity index (χ2n) is 14.7. The number of nitrogens with zero attached hydrogens (tertiary/aromatic N) is 5. The molecule has 2 heterocycles. The first-order valence-corrected chi connectivity index (χ1v) is 22.2. The summed E-state index contributed by atoms with van der Waals surface area (Å²) < 4.78 is 75.4. The van der Waals surface area contributed by atoms with Gasteiger partial charge in [0, 0.05) is 65.5 Å². The minimum atomic E-state index is -5.00. The maximum Gasteiger partial charge on any atom is 0.573 e. The van der Waals surface area contributed by atoms with Gasteiger partial charge in [-0.3, -0.25) is 9.62 Å². The largest absolute Gasteiger partial charge is 0.573 e. The van der Waals surface area contributed by atoms with Crippen LogP contribution in [-0.2, 0) is 16.6 Å². The maximum atomic E-state index is 13.9. The van der Waals surface area contributed by atoms with Crippen molar-refractivity contribution in [1.29, 1.82) is 0 Å². The molecule has 7 rings (SSSR count). The van der Waals surface area contributed by atoms with Crippen molar-refractivity contribution in [3.05, 3.63) is 132 Å². The van der Waals surface area contributed by atoms with Crippen LogP contribution in [0.4, 0.5) is 30.4 Å². The summed E-state index contributed by atoms with van der Waals surface area (Å²) in [6, 6.07) is 34.5.